The summed E-state index contributed by atoms with van der Waals surface area (Å²) in [5.41, 5.74) is -0.352. The average molecular weight is 543 g/mol. The van der Waals surface area contributed by atoms with Crippen molar-refractivity contribution in [2.45, 2.75) is 58.3 Å². The van der Waals surface area contributed by atoms with E-state index in [0.717, 1.165) is 19.3 Å². The van der Waals surface area contributed by atoms with Crippen LogP contribution in [-0.2, 0) is 0 Å². The molecule has 1 aromatic heterocycles. The molecule has 4 aromatic rings. The fourth-order valence-electron chi connectivity index (χ4n) is 4.33. The molecule has 0 saturated heterocycles. The molecule has 40 heavy (non-hydrogen) atoms. The maximum absolute atomic E-state index is 13.1. The number of para-hydroxylation sites is 1. The van der Waals surface area contributed by atoms with Crippen LogP contribution < -0.4 is 19.8 Å². The van der Waals surface area contributed by atoms with E-state index in [2.05, 4.69) is 6.92 Å². The fraction of sp³-hybridized carbons (Fsp3) is 0.303. The number of rotatable bonds is 14. The minimum atomic E-state index is -0.962. The molecule has 0 spiro atoms. The number of hydrogen-bond acceptors (Lipinski definition) is 7. The Labute approximate surface area is 233 Å². The molecule has 7 nitrogen and oxygen atoms in total. The first kappa shape index (κ1) is 28.6. The monoisotopic (exact) mass is 542 g/mol. The van der Waals surface area contributed by atoms with Gasteiger partial charge >= 0.3 is 17.6 Å². The summed E-state index contributed by atoms with van der Waals surface area (Å²) in [4.78, 5) is 38.9. The van der Waals surface area contributed by atoms with Crippen LogP contribution in [0, 0.1) is 0 Å². The molecule has 0 amide bonds. The van der Waals surface area contributed by atoms with Gasteiger partial charge in [-0.25, -0.2) is 14.4 Å². The summed E-state index contributed by atoms with van der Waals surface area (Å²) in [7, 11) is 0. The zero-order chi connectivity index (χ0) is 28.2. The Hall–Kier alpha value is -4.39. The van der Waals surface area contributed by atoms with E-state index in [-0.39, 0.29) is 27.8 Å². The molecule has 0 unspecified atom stereocenters. The van der Waals surface area contributed by atoms with Gasteiger partial charge in [-0.2, -0.15) is 0 Å². The first-order valence-electron chi connectivity index (χ1n) is 13.9. The van der Waals surface area contributed by atoms with Crippen LogP contribution in [0.15, 0.2) is 88.1 Å². The van der Waals surface area contributed by atoms with E-state index in [1.807, 2.05) is 0 Å². The van der Waals surface area contributed by atoms with E-state index in [9.17, 15) is 14.4 Å². The van der Waals surface area contributed by atoms with Gasteiger partial charge in [-0.15, -0.1) is 0 Å². The lowest BCUT2D eigenvalue weighted by Gasteiger charge is -2.14. The zero-order valence-corrected chi connectivity index (χ0v) is 22.7. The lowest BCUT2D eigenvalue weighted by atomic mass is 10.1. The molecule has 208 valence electrons. The molecule has 4 rings (SSSR count). The Morgan fingerprint density at radius 3 is 1.80 bits per heavy atom. The van der Waals surface area contributed by atoms with Crippen LogP contribution in [0.3, 0.4) is 0 Å². The first-order chi connectivity index (χ1) is 19.6. The van der Waals surface area contributed by atoms with Gasteiger partial charge in [-0.05, 0) is 42.8 Å². The Kier molecular flexibility index (Phi) is 10.5. The summed E-state index contributed by atoms with van der Waals surface area (Å²) < 4.78 is 22.7. The number of ether oxygens (including phenoxy) is 3. The van der Waals surface area contributed by atoms with Gasteiger partial charge in [0.05, 0.1) is 23.1 Å². The van der Waals surface area contributed by atoms with Crippen molar-refractivity contribution < 1.29 is 28.2 Å². The molecule has 7 heteroatoms. The van der Waals surface area contributed by atoms with Crippen molar-refractivity contribution in [3.63, 3.8) is 0 Å². The largest absolute Gasteiger partial charge is 0.490 e. The van der Waals surface area contributed by atoms with E-state index < -0.39 is 23.3 Å². The first-order valence-corrected chi connectivity index (χ1v) is 13.9. The molecule has 3 aromatic carbocycles. The molecule has 0 aliphatic carbocycles. The molecule has 0 saturated carbocycles. The van der Waals surface area contributed by atoms with Crippen molar-refractivity contribution in [2.75, 3.05) is 6.61 Å². The van der Waals surface area contributed by atoms with E-state index in [0.29, 0.717) is 12.4 Å². The van der Waals surface area contributed by atoms with Crippen molar-refractivity contribution in [1.29, 1.82) is 0 Å². The maximum Gasteiger partial charge on any atom is 0.383 e. The lowest BCUT2D eigenvalue weighted by Crippen LogP contribution is -2.18. The van der Waals surface area contributed by atoms with E-state index in [4.69, 9.17) is 18.6 Å². The van der Waals surface area contributed by atoms with Crippen LogP contribution in [0.25, 0.3) is 11.0 Å². The summed E-state index contributed by atoms with van der Waals surface area (Å²) in [6, 6.07) is 21.6. The molecule has 0 radical (unpaired) electrons. The predicted octanol–water partition coefficient (Wildman–Crippen LogP) is 7.75. The highest BCUT2D eigenvalue weighted by Crippen LogP contribution is 2.37. The Bertz CT molecular complexity index is 1460. The van der Waals surface area contributed by atoms with E-state index >= 15 is 0 Å². The van der Waals surface area contributed by atoms with Gasteiger partial charge in [0.2, 0.25) is 0 Å². The van der Waals surface area contributed by atoms with Crippen molar-refractivity contribution in [3.05, 3.63) is 100 Å². The van der Waals surface area contributed by atoms with Gasteiger partial charge in [-0.1, -0.05) is 94.3 Å². The summed E-state index contributed by atoms with van der Waals surface area (Å²) in [6.07, 6.45) is 9.31. The van der Waals surface area contributed by atoms with Crippen LogP contribution in [0.2, 0.25) is 0 Å². The number of unbranched alkanes of at least 4 members (excludes halogenated alkanes) is 7. The molecular weight excluding hydrogens is 508 g/mol. The van der Waals surface area contributed by atoms with E-state index in [1.165, 1.54) is 32.1 Å². The predicted molar refractivity (Wildman–Crippen MR) is 153 cm³/mol. The van der Waals surface area contributed by atoms with E-state index in [1.54, 1.807) is 78.9 Å². The fourth-order valence-corrected chi connectivity index (χ4v) is 4.33. The SMILES string of the molecule is CCCCCCCCCCOc1cccc2c(OC(=O)c3ccccc3)c(OC(=O)c3ccccc3)c(=O)oc12. The number of esters is 2. The summed E-state index contributed by atoms with van der Waals surface area (Å²) in [5.74, 6) is -1.87. The number of fused-ring (bicyclic) bond motifs is 1. The summed E-state index contributed by atoms with van der Waals surface area (Å²) in [5, 5.41) is 0.271. The third-order valence-electron chi connectivity index (χ3n) is 6.47. The molecule has 0 aliphatic heterocycles. The van der Waals surface area contributed by atoms with Gasteiger partial charge in [0.25, 0.3) is 5.75 Å². The van der Waals surface area contributed by atoms with Crippen molar-refractivity contribution in [3.8, 4) is 17.2 Å². The second-order valence-corrected chi connectivity index (χ2v) is 9.52. The average Bonchev–Trinajstić information content (AvgIpc) is 2.99. The molecule has 0 atom stereocenters. The molecule has 0 aliphatic rings. The molecule has 1 heterocycles. The van der Waals surface area contributed by atoms with Crippen LogP contribution in [0.5, 0.6) is 17.2 Å². The second kappa shape index (κ2) is 14.7. The van der Waals surface area contributed by atoms with Crippen LogP contribution in [0.1, 0.15) is 79.0 Å². The number of carbonyl (C=O) groups is 2. The molecular formula is C33H34O7. The Balaban J connectivity index is 1.58. The third-order valence-corrected chi connectivity index (χ3v) is 6.47. The Morgan fingerprint density at radius 2 is 1.20 bits per heavy atom. The number of carbonyl (C=O) groups excluding carboxylic acids is 2. The molecule has 0 bridgehead atoms. The zero-order valence-electron chi connectivity index (χ0n) is 22.7. The van der Waals surface area contributed by atoms with Gasteiger partial charge in [0, 0.05) is 0 Å². The van der Waals surface area contributed by atoms with Crippen LogP contribution in [-0.4, -0.2) is 18.5 Å². The highest BCUT2D eigenvalue weighted by molar-refractivity contribution is 5.98. The smallest absolute Gasteiger partial charge is 0.383 e. The second-order valence-electron chi connectivity index (χ2n) is 9.52. The highest BCUT2D eigenvalue weighted by atomic mass is 16.6. The standard InChI is InChI=1S/C33H34O7/c1-2-3-4-5-6-7-8-15-23-37-27-22-16-21-26-28(27)38-33(36)30(40-32(35)25-19-13-10-14-20-25)29(26)39-31(34)24-17-11-9-12-18-24/h9-14,16-22H,2-8,15,23H2,1H3. The van der Waals surface area contributed by atoms with Gasteiger partial charge in [0.1, 0.15) is 0 Å². The molecule has 0 N–H and O–H groups in total. The highest BCUT2D eigenvalue weighted by Gasteiger charge is 2.25. The third kappa shape index (κ3) is 7.59. The Morgan fingerprint density at radius 1 is 0.650 bits per heavy atom. The number of benzene rings is 3. The van der Waals surface area contributed by atoms with Crippen molar-refractivity contribution in [2.24, 2.45) is 0 Å². The quantitative estimate of drug-likeness (QED) is 0.0913. The summed E-state index contributed by atoms with van der Waals surface area (Å²) >= 11 is 0. The van der Waals surface area contributed by atoms with Gasteiger partial charge in [0.15, 0.2) is 17.1 Å². The van der Waals surface area contributed by atoms with Gasteiger partial charge < -0.3 is 18.6 Å². The molecule has 0 fully saturated rings. The topological polar surface area (TPSA) is 92.0 Å². The maximum atomic E-state index is 13.1. The number of hydrogen-bond donors (Lipinski definition) is 0. The van der Waals surface area contributed by atoms with Gasteiger partial charge in [-0.3, -0.25) is 0 Å². The minimum Gasteiger partial charge on any atom is -0.490 e. The lowest BCUT2D eigenvalue weighted by molar-refractivity contribution is 0.0678. The van der Waals surface area contributed by atoms with Crippen LogP contribution in [0.4, 0.5) is 0 Å². The van der Waals surface area contributed by atoms with Crippen molar-refractivity contribution in [1.82, 2.24) is 0 Å². The minimum absolute atomic E-state index is 0.113. The summed E-state index contributed by atoms with van der Waals surface area (Å²) in [6.45, 7) is 2.66. The van der Waals surface area contributed by atoms with Crippen molar-refractivity contribution >= 4 is 22.9 Å². The normalized spacial score (nSPS) is 10.8. The van der Waals surface area contributed by atoms with Crippen LogP contribution >= 0.6 is 0 Å².